The molecule has 0 aliphatic heterocycles. The van der Waals surface area contributed by atoms with Crippen molar-refractivity contribution in [2.24, 2.45) is 0 Å². The molecule has 0 aromatic rings. The lowest BCUT2D eigenvalue weighted by molar-refractivity contribution is -0.870. The lowest BCUT2D eigenvalue weighted by atomic mass is 10.0. The summed E-state index contributed by atoms with van der Waals surface area (Å²) >= 11 is 0. The first-order valence-corrected chi connectivity index (χ1v) is 31.5. The Kier molecular flexibility index (Phi) is 51.8. The molecular formula is C62H115NO8P+. The summed E-state index contributed by atoms with van der Waals surface area (Å²) in [5.74, 6) is -0.798. The van der Waals surface area contributed by atoms with E-state index < -0.39 is 26.5 Å². The van der Waals surface area contributed by atoms with Crippen LogP contribution in [-0.2, 0) is 32.7 Å². The van der Waals surface area contributed by atoms with Crippen LogP contribution in [0.5, 0.6) is 0 Å². The maximum atomic E-state index is 12.8. The number of esters is 2. The average Bonchev–Trinajstić information content (AvgIpc) is 3.34. The Labute approximate surface area is 445 Å². The van der Waals surface area contributed by atoms with Gasteiger partial charge < -0.3 is 18.9 Å². The van der Waals surface area contributed by atoms with E-state index in [4.69, 9.17) is 18.5 Å². The summed E-state index contributed by atoms with van der Waals surface area (Å²) in [6.45, 7) is 4.32. The van der Waals surface area contributed by atoms with Gasteiger partial charge in [0, 0.05) is 12.8 Å². The number of likely N-dealkylation sites (N-methyl/N-ethyl adjacent to an activating group) is 1. The van der Waals surface area contributed by atoms with Gasteiger partial charge in [0.15, 0.2) is 6.10 Å². The number of ether oxygens (including phenoxy) is 2. The van der Waals surface area contributed by atoms with E-state index in [9.17, 15) is 19.0 Å². The molecule has 0 rings (SSSR count). The van der Waals surface area contributed by atoms with Crippen molar-refractivity contribution >= 4 is 19.8 Å². The molecule has 72 heavy (non-hydrogen) atoms. The molecule has 2 atom stereocenters. The Morgan fingerprint density at radius 1 is 0.444 bits per heavy atom. The summed E-state index contributed by atoms with van der Waals surface area (Å²) < 4.78 is 34.5. The van der Waals surface area contributed by atoms with Crippen molar-refractivity contribution < 1.29 is 42.1 Å². The third-order valence-corrected chi connectivity index (χ3v) is 14.0. The van der Waals surface area contributed by atoms with Crippen molar-refractivity contribution in [3.63, 3.8) is 0 Å². The molecular weight excluding hydrogens is 918 g/mol. The van der Waals surface area contributed by atoms with Crippen LogP contribution >= 0.6 is 7.82 Å². The zero-order valence-electron chi connectivity index (χ0n) is 47.7. The predicted octanol–water partition coefficient (Wildman–Crippen LogP) is 18.7. The van der Waals surface area contributed by atoms with Crippen LogP contribution in [0.3, 0.4) is 0 Å². The zero-order chi connectivity index (χ0) is 52.7. The lowest BCUT2D eigenvalue weighted by Crippen LogP contribution is -2.37. The summed E-state index contributed by atoms with van der Waals surface area (Å²) in [6.07, 6.45) is 68.9. The third-order valence-electron chi connectivity index (χ3n) is 13.0. The molecule has 0 radical (unpaired) electrons. The Balaban J connectivity index is 3.96. The Morgan fingerprint density at radius 3 is 1.19 bits per heavy atom. The van der Waals surface area contributed by atoms with Crippen molar-refractivity contribution in [3.8, 4) is 0 Å². The highest BCUT2D eigenvalue weighted by molar-refractivity contribution is 7.47. The van der Waals surface area contributed by atoms with Crippen LogP contribution < -0.4 is 0 Å². The van der Waals surface area contributed by atoms with Crippen LogP contribution in [0, 0.1) is 0 Å². The van der Waals surface area contributed by atoms with Gasteiger partial charge in [-0.3, -0.25) is 18.6 Å². The molecule has 10 heteroatoms. The molecule has 0 heterocycles. The normalized spacial score (nSPS) is 13.7. The smallest absolute Gasteiger partial charge is 0.462 e. The summed E-state index contributed by atoms with van der Waals surface area (Å²) in [5.41, 5.74) is 0. The van der Waals surface area contributed by atoms with E-state index in [0.29, 0.717) is 17.4 Å². The minimum Gasteiger partial charge on any atom is -0.462 e. The van der Waals surface area contributed by atoms with Crippen LogP contribution in [0.4, 0.5) is 0 Å². The summed E-state index contributed by atoms with van der Waals surface area (Å²) in [4.78, 5) is 35.6. The van der Waals surface area contributed by atoms with E-state index in [1.54, 1.807) is 0 Å². The van der Waals surface area contributed by atoms with Crippen LogP contribution in [0.2, 0.25) is 0 Å². The number of carbonyl (C=O) groups excluding carboxylic acids is 2. The number of hydrogen-bond acceptors (Lipinski definition) is 7. The highest BCUT2D eigenvalue weighted by Gasteiger charge is 2.27. The molecule has 0 fully saturated rings. The summed E-state index contributed by atoms with van der Waals surface area (Å²) in [6, 6.07) is 0. The van der Waals surface area contributed by atoms with Crippen molar-refractivity contribution in [2.45, 2.75) is 277 Å². The molecule has 0 amide bonds. The number of nitrogens with zero attached hydrogens (tertiary/aromatic N) is 1. The van der Waals surface area contributed by atoms with Crippen LogP contribution in [0.1, 0.15) is 271 Å². The number of allylic oxidation sites excluding steroid dienone is 10. The molecule has 420 valence electrons. The van der Waals surface area contributed by atoms with E-state index in [2.05, 4.69) is 74.6 Å². The molecule has 0 aliphatic rings. The Bertz CT molecular complexity index is 1400. The third kappa shape index (κ3) is 57.0. The van der Waals surface area contributed by atoms with Crippen LogP contribution in [0.15, 0.2) is 60.8 Å². The fraction of sp³-hybridized carbons (Fsp3) is 0.806. The lowest BCUT2D eigenvalue weighted by Gasteiger charge is -2.24. The van der Waals surface area contributed by atoms with Gasteiger partial charge in [-0.15, -0.1) is 0 Å². The van der Waals surface area contributed by atoms with Gasteiger partial charge in [-0.05, 0) is 77.0 Å². The van der Waals surface area contributed by atoms with Crippen molar-refractivity contribution in [2.75, 3.05) is 47.5 Å². The molecule has 0 aliphatic carbocycles. The van der Waals surface area contributed by atoms with Gasteiger partial charge in [-0.2, -0.15) is 0 Å². The summed E-state index contributed by atoms with van der Waals surface area (Å²) in [7, 11) is 1.48. The Morgan fingerprint density at radius 2 is 0.792 bits per heavy atom. The molecule has 0 saturated carbocycles. The second kappa shape index (κ2) is 53.5. The van der Waals surface area contributed by atoms with Gasteiger partial charge in [0.2, 0.25) is 0 Å². The topological polar surface area (TPSA) is 108 Å². The molecule has 0 saturated heterocycles. The minimum absolute atomic E-state index is 0.0312. The standard InChI is InChI=1S/C62H114NO8P/c1-6-8-10-12-14-16-18-20-21-22-23-24-25-26-27-28-29-30-31-32-33-34-35-36-37-38-39-40-41-43-45-47-49-51-53-55-62(65)71-60(59-70-72(66,67)69-57-56-63(3,4)5)58-68-61(64)54-52-50-48-46-44-42-19-17-15-13-11-9-7-2/h8,10,14,16-17,19-21,23-24,60H,6-7,9,11-13,15,18,22,25-59H2,1-5H3/p+1/b10-8-,16-14-,19-17-,21-20-,24-23-. The fourth-order valence-corrected chi connectivity index (χ4v) is 9.16. The second-order valence-corrected chi connectivity index (χ2v) is 22.8. The average molecular weight is 1030 g/mol. The Hall–Kier alpha value is -2.29. The zero-order valence-corrected chi connectivity index (χ0v) is 48.6. The van der Waals surface area contributed by atoms with Gasteiger partial charge in [0.05, 0.1) is 27.7 Å². The molecule has 0 aromatic carbocycles. The molecule has 2 unspecified atom stereocenters. The van der Waals surface area contributed by atoms with E-state index in [0.717, 1.165) is 77.0 Å². The molecule has 1 N–H and O–H groups in total. The monoisotopic (exact) mass is 1030 g/mol. The number of phosphoric acid groups is 1. The highest BCUT2D eigenvalue weighted by atomic mass is 31.2. The number of hydrogen-bond donors (Lipinski definition) is 1. The van der Waals surface area contributed by atoms with Crippen LogP contribution in [0.25, 0.3) is 0 Å². The van der Waals surface area contributed by atoms with Crippen LogP contribution in [-0.4, -0.2) is 74.9 Å². The highest BCUT2D eigenvalue weighted by Crippen LogP contribution is 2.43. The predicted molar refractivity (Wildman–Crippen MR) is 307 cm³/mol. The fourth-order valence-electron chi connectivity index (χ4n) is 8.41. The van der Waals surface area contributed by atoms with Crippen molar-refractivity contribution in [1.29, 1.82) is 0 Å². The maximum absolute atomic E-state index is 12.8. The first kappa shape index (κ1) is 69.7. The summed E-state index contributed by atoms with van der Waals surface area (Å²) in [5, 5.41) is 0. The SMILES string of the molecule is CC/C=C\C/C=C\C/C=C\C/C=C\CCCCCCCCCCCCCCCCCCCCCCCCC(=O)OC(COC(=O)CCCCCCC/C=C\CCCCCC)COP(=O)(O)OCC[N+](C)(C)C. The van der Waals surface area contributed by atoms with Gasteiger partial charge in [-0.25, -0.2) is 4.57 Å². The minimum atomic E-state index is -4.38. The second-order valence-electron chi connectivity index (χ2n) is 21.4. The first-order chi connectivity index (χ1) is 35.0. The quantitative estimate of drug-likeness (QED) is 0.0211. The van der Waals surface area contributed by atoms with E-state index in [-0.39, 0.29) is 32.0 Å². The number of carbonyl (C=O) groups is 2. The maximum Gasteiger partial charge on any atom is 0.472 e. The van der Waals surface area contributed by atoms with Gasteiger partial charge in [0.25, 0.3) is 0 Å². The van der Waals surface area contributed by atoms with Gasteiger partial charge >= 0.3 is 19.8 Å². The molecule has 0 bridgehead atoms. The number of unbranched alkanes of at least 4 members (excludes halogenated alkanes) is 31. The number of phosphoric ester groups is 1. The van der Waals surface area contributed by atoms with Gasteiger partial charge in [0.1, 0.15) is 19.8 Å². The van der Waals surface area contributed by atoms with E-state index in [1.165, 1.54) is 161 Å². The molecule has 0 aromatic heterocycles. The largest absolute Gasteiger partial charge is 0.472 e. The van der Waals surface area contributed by atoms with Crippen molar-refractivity contribution in [3.05, 3.63) is 60.8 Å². The van der Waals surface area contributed by atoms with E-state index in [1.807, 2.05) is 21.1 Å². The number of quaternary nitrogens is 1. The molecule has 0 spiro atoms. The van der Waals surface area contributed by atoms with E-state index >= 15 is 0 Å². The van der Waals surface area contributed by atoms with Gasteiger partial charge in [-0.1, -0.05) is 242 Å². The van der Waals surface area contributed by atoms with Crippen molar-refractivity contribution in [1.82, 2.24) is 0 Å². The first-order valence-electron chi connectivity index (χ1n) is 30.0. The molecule has 9 nitrogen and oxygen atoms in total. The number of rotatable bonds is 55.